The van der Waals surface area contributed by atoms with E-state index in [1.165, 1.54) is 0 Å². The van der Waals surface area contributed by atoms with Crippen LogP contribution in [-0.2, 0) is 19.4 Å². The number of amides is 1. The first-order valence-electron chi connectivity index (χ1n) is 5.83. The predicted octanol–water partition coefficient (Wildman–Crippen LogP) is -1.50. The second-order valence-electron chi connectivity index (χ2n) is 4.96. The first kappa shape index (κ1) is 12.8. The van der Waals surface area contributed by atoms with Crippen molar-refractivity contribution in [2.75, 3.05) is 37.7 Å². The largest absolute Gasteiger partial charge is 0.366 e. The zero-order valence-electron chi connectivity index (χ0n) is 9.96. The highest BCUT2D eigenvalue weighted by Crippen LogP contribution is 2.26. The van der Waals surface area contributed by atoms with Crippen molar-refractivity contribution in [2.24, 2.45) is 5.73 Å². The minimum Gasteiger partial charge on any atom is -0.366 e. The van der Waals surface area contributed by atoms with Gasteiger partial charge in [-0.3, -0.25) is 4.79 Å². The van der Waals surface area contributed by atoms with E-state index in [-0.39, 0.29) is 17.6 Å². The highest BCUT2D eigenvalue weighted by atomic mass is 32.2. The number of ether oxygens (including phenoxy) is 1. The molecule has 0 saturated carbocycles. The molecule has 0 radical (unpaired) electrons. The molecular weight excluding hydrogens is 244 g/mol. The van der Waals surface area contributed by atoms with E-state index in [1.807, 2.05) is 6.92 Å². The Morgan fingerprint density at radius 1 is 1.29 bits per heavy atom. The maximum absolute atomic E-state index is 11.6. The topological polar surface area (TPSA) is 86.5 Å². The van der Waals surface area contributed by atoms with Crippen LogP contribution in [0, 0.1) is 0 Å². The Morgan fingerprint density at radius 3 is 2.41 bits per heavy atom. The first-order chi connectivity index (χ1) is 7.86. The summed E-state index contributed by atoms with van der Waals surface area (Å²) in [6.45, 7) is 4.02. The van der Waals surface area contributed by atoms with E-state index in [0.717, 1.165) is 0 Å². The van der Waals surface area contributed by atoms with E-state index in [0.29, 0.717) is 30.7 Å². The van der Waals surface area contributed by atoms with Gasteiger partial charge in [0.2, 0.25) is 0 Å². The van der Waals surface area contributed by atoms with Crippen molar-refractivity contribution in [2.45, 2.75) is 19.1 Å². The van der Waals surface area contributed by atoms with Gasteiger partial charge in [0.15, 0.2) is 15.9 Å². The third-order valence-corrected chi connectivity index (χ3v) is 5.55. The van der Waals surface area contributed by atoms with Gasteiger partial charge in [-0.2, -0.15) is 0 Å². The lowest BCUT2D eigenvalue weighted by atomic mass is 10.0. The van der Waals surface area contributed by atoms with Gasteiger partial charge in [0, 0.05) is 0 Å². The third kappa shape index (κ3) is 2.31. The van der Waals surface area contributed by atoms with Crippen LogP contribution in [0.3, 0.4) is 0 Å². The Kier molecular flexibility index (Phi) is 3.17. The van der Waals surface area contributed by atoms with Gasteiger partial charge in [-0.05, 0) is 6.92 Å². The monoisotopic (exact) mass is 263 g/mol. The summed E-state index contributed by atoms with van der Waals surface area (Å²) in [5.41, 5.74) is 5.45. The SMILES string of the molecule is C[C@H]1OCC[N+]2(CCS(=O)(=O)CC2)[C@@H]1C(N)=O. The number of primary amides is 1. The van der Waals surface area contributed by atoms with Crippen LogP contribution in [0.1, 0.15) is 6.92 Å². The van der Waals surface area contributed by atoms with E-state index < -0.39 is 21.8 Å². The molecule has 2 fully saturated rings. The van der Waals surface area contributed by atoms with Crippen LogP contribution in [0.2, 0.25) is 0 Å². The molecule has 2 atom stereocenters. The zero-order chi connectivity index (χ0) is 12.7. The minimum atomic E-state index is -2.93. The van der Waals surface area contributed by atoms with Crippen LogP contribution >= 0.6 is 0 Å². The Labute approximate surface area is 101 Å². The number of carbonyl (C=O) groups excluding carboxylic acids is 1. The summed E-state index contributed by atoms with van der Waals surface area (Å²) in [5, 5.41) is 0. The molecule has 2 N–H and O–H groups in total. The number of hydrogen-bond donors (Lipinski definition) is 1. The maximum atomic E-state index is 11.6. The van der Waals surface area contributed by atoms with Crippen LogP contribution in [-0.4, -0.2) is 68.7 Å². The number of nitrogens with two attached hydrogens (primary N) is 1. The Morgan fingerprint density at radius 2 is 1.88 bits per heavy atom. The second-order valence-corrected chi connectivity index (χ2v) is 7.27. The molecule has 0 unspecified atom stereocenters. The Hall–Kier alpha value is -0.660. The lowest BCUT2D eigenvalue weighted by Crippen LogP contribution is -2.72. The van der Waals surface area contributed by atoms with Crippen LogP contribution < -0.4 is 5.73 Å². The molecule has 0 aromatic carbocycles. The van der Waals surface area contributed by atoms with Crippen molar-refractivity contribution in [3.8, 4) is 0 Å². The molecule has 2 aliphatic rings. The van der Waals surface area contributed by atoms with Crippen molar-refractivity contribution in [3.63, 3.8) is 0 Å². The highest BCUT2D eigenvalue weighted by molar-refractivity contribution is 7.91. The molecule has 2 heterocycles. The number of sulfone groups is 1. The predicted molar refractivity (Wildman–Crippen MR) is 61.9 cm³/mol. The maximum Gasteiger partial charge on any atom is 0.278 e. The van der Waals surface area contributed by atoms with Crippen molar-refractivity contribution >= 4 is 15.7 Å². The van der Waals surface area contributed by atoms with Crippen LogP contribution in [0.25, 0.3) is 0 Å². The summed E-state index contributed by atoms with van der Waals surface area (Å²) >= 11 is 0. The number of carbonyl (C=O) groups is 1. The molecule has 7 heteroatoms. The van der Waals surface area contributed by atoms with Gasteiger partial charge in [-0.1, -0.05) is 0 Å². The number of quaternary nitrogens is 1. The van der Waals surface area contributed by atoms with Crippen molar-refractivity contribution in [1.29, 1.82) is 0 Å². The summed E-state index contributed by atoms with van der Waals surface area (Å²) in [6, 6.07) is -0.417. The zero-order valence-corrected chi connectivity index (χ0v) is 10.8. The number of nitrogens with zero attached hydrogens (tertiary/aromatic N) is 1. The van der Waals surface area contributed by atoms with E-state index in [4.69, 9.17) is 10.5 Å². The second kappa shape index (κ2) is 4.22. The summed E-state index contributed by atoms with van der Waals surface area (Å²) in [5.74, 6) is -0.107. The minimum absolute atomic E-state index is 0.142. The molecule has 17 heavy (non-hydrogen) atoms. The van der Waals surface area contributed by atoms with Gasteiger partial charge in [0.05, 0.1) is 31.2 Å². The Balaban J connectivity index is 2.25. The highest BCUT2D eigenvalue weighted by Gasteiger charge is 2.50. The van der Waals surface area contributed by atoms with Gasteiger partial charge < -0.3 is 15.0 Å². The molecule has 1 amide bonds. The molecule has 0 aromatic rings. The van der Waals surface area contributed by atoms with E-state index in [1.54, 1.807) is 0 Å². The molecule has 2 aliphatic heterocycles. The van der Waals surface area contributed by atoms with Crippen molar-refractivity contribution in [1.82, 2.24) is 0 Å². The first-order valence-corrected chi connectivity index (χ1v) is 7.66. The third-order valence-electron chi connectivity index (χ3n) is 3.94. The molecule has 98 valence electrons. The van der Waals surface area contributed by atoms with E-state index in [2.05, 4.69) is 0 Å². The smallest absolute Gasteiger partial charge is 0.278 e. The summed E-state index contributed by atoms with van der Waals surface area (Å²) < 4.78 is 28.9. The van der Waals surface area contributed by atoms with Crippen LogP contribution in [0.15, 0.2) is 0 Å². The molecule has 1 spiro atoms. The normalized spacial score (nSPS) is 35.6. The lowest BCUT2D eigenvalue weighted by molar-refractivity contribution is -0.950. The van der Waals surface area contributed by atoms with E-state index in [9.17, 15) is 13.2 Å². The number of morpholine rings is 1. The number of rotatable bonds is 1. The fourth-order valence-electron chi connectivity index (χ4n) is 2.95. The molecule has 0 aromatic heterocycles. The Bertz CT molecular complexity index is 406. The molecular formula is C10H19N2O4S+. The molecule has 0 bridgehead atoms. The van der Waals surface area contributed by atoms with Gasteiger partial charge in [0.1, 0.15) is 12.6 Å². The average molecular weight is 263 g/mol. The van der Waals surface area contributed by atoms with Crippen molar-refractivity contribution < 1.29 is 22.4 Å². The summed E-state index contributed by atoms with van der Waals surface area (Å²) in [4.78, 5) is 11.6. The molecule has 2 rings (SSSR count). The fraction of sp³-hybridized carbons (Fsp3) is 0.900. The van der Waals surface area contributed by atoms with Crippen LogP contribution in [0.5, 0.6) is 0 Å². The molecule has 0 aliphatic carbocycles. The fourth-order valence-corrected chi connectivity index (χ4v) is 4.44. The lowest BCUT2D eigenvalue weighted by Gasteiger charge is -2.50. The summed E-state index contributed by atoms with van der Waals surface area (Å²) in [7, 11) is -2.93. The standard InChI is InChI=1S/C10H18N2O4S/c1-8-9(10(11)13)12(2-5-16-8)3-6-17(14,15)7-4-12/h8-9H,2-7H2,1H3,(H-,11,13)/p+1/t8-,9+/m1/s1. The number of hydrogen-bond acceptors (Lipinski definition) is 4. The molecule has 6 nitrogen and oxygen atoms in total. The van der Waals surface area contributed by atoms with Gasteiger partial charge >= 0.3 is 0 Å². The quantitative estimate of drug-likeness (QED) is 0.584. The van der Waals surface area contributed by atoms with E-state index >= 15 is 0 Å². The molecule has 2 saturated heterocycles. The van der Waals surface area contributed by atoms with Gasteiger partial charge in [0.25, 0.3) is 5.91 Å². The average Bonchev–Trinajstić information content (AvgIpc) is 2.22. The van der Waals surface area contributed by atoms with Crippen molar-refractivity contribution in [3.05, 3.63) is 0 Å². The van der Waals surface area contributed by atoms with Crippen LogP contribution in [0.4, 0.5) is 0 Å². The van der Waals surface area contributed by atoms with Gasteiger partial charge in [-0.25, -0.2) is 8.42 Å². The summed E-state index contributed by atoms with van der Waals surface area (Å²) in [6.07, 6.45) is -0.234. The van der Waals surface area contributed by atoms with Gasteiger partial charge in [-0.15, -0.1) is 0 Å².